The molecular weight excluding hydrogens is 1250 g/mol. The van der Waals surface area contributed by atoms with Gasteiger partial charge in [-0.3, -0.25) is 0 Å². The van der Waals surface area contributed by atoms with Gasteiger partial charge in [0, 0.05) is 106 Å². The van der Waals surface area contributed by atoms with Crippen molar-refractivity contribution < 1.29 is 0 Å². The van der Waals surface area contributed by atoms with Gasteiger partial charge >= 0.3 is 0 Å². The van der Waals surface area contributed by atoms with Gasteiger partial charge in [-0.1, -0.05) is 134 Å². The van der Waals surface area contributed by atoms with Crippen LogP contribution in [-0.4, -0.2) is 13.7 Å². The van der Waals surface area contributed by atoms with E-state index in [1.54, 1.807) is 0 Å². The Morgan fingerprint density at radius 3 is 0.903 bits per heavy atom. The van der Waals surface area contributed by atoms with Crippen LogP contribution in [0.2, 0.25) is 0 Å². The molecule has 103 heavy (non-hydrogen) atoms. The van der Waals surface area contributed by atoms with Crippen LogP contribution in [0.15, 0.2) is 333 Å². The van der Waals surface area contributed by atoms with Gasteiger partial charge < -0.3 is 28.4 Å². The van der Waals surface area contributed by atoms with Gasteiger partial charge in [0.2, 0.25) is 0 Å². The molecule has 3 aromatic heterocycles. The molecule has 21 rings (SSSR count). The van der Waals surface area contributed by atoms with Crippen molar-refractivity contribution in [3.05, 3.63) is 367 Å². The Morgan fingerprint density at radius 2 is 0.553 bits per heavy atom. The molecule has 6 heteroatoms. The lowest BCUT2D eigenvalue weighted by Gasteiger charge is -2.34. The summed E-state index contributed by atoms with van der Waals surface area (Å²) in [4.78, 5) is 7.27. The molecule has 0 spiro atoms. The summed E-state index contributed by atoms with van der Waals surface area (Å²) in [7, 11) is 0. The quantitative estimate of drug-likeness (QED) is 0.108. The summed E-state index contributed by atoms with van der Waals surface area (Å²) in [6.45, 7) is 2.35. The average molecular weight is 1320 g/mol. The highest BCUT2D eigenvalue weighted by molar-refractivity contribution is 6.15. The molecule has 1 atom stereocenters. The van der Waals surface area contributed by atoms with Gasteiger partial charge in [0.1, 0.15) is 0 Å². The number of aryl methyl sites for hydroxylation is 6. The molecule has 0 N–H and O–H groups in total. The zero-order valence-corrected chi connectivity index (χ0v) is 57.4. The lowest BCUT2D eigenvalue weighted by Crippen LogP contribution is -2.23. The number of aromatic nitrogens is 3. The summed E-state index contributed by atoms with van der Waals surface area (Å²) >= 11 is 0. The Hall–Kier alpha value is -12.6. The first-order chi connectivity index (χ1) is 50.9. The molecule has 0 amide bonds. The Labute approximate surface area is 599 Å². The number of nitrogens with zero attached hydrogens (tertiary/aromatic N) is 6. The van der Waals surface area contributed by atoms with Crippen molar-refractivity contribution >= 4 is 111 Å². The normalized spacial score (nSPS) is 14.3. The van der Waals surface area contributed by atoms with Crippen LogP contribution < -0.4 is 14.7 Å². The van der Waals surface area contributed by atoms with Crippen LogP contribution in [0.3, 0.4) is 0 Å². The number of benzene rings is 14. The SMILES string of the molecule is CC1CC=CC=C1N(c1ccc(-n2c3ccccc3c3cc(-c4ccc5c(c4)c4cc(-c6ccc7c(c6)c6ccccc6n7-c6ccc(N(c7ccccc7)c7ccc8c(c7)CC8)cc6)ccc4n5-c4ccc(N(c5ccccc5)c5ccc6c(c5)CC6)cc4)ccc32)cc1)c1ccc2c(c1)CC2. The molecule has 3 heterocycles. The maximum absolute atomic E-state index is 2.49. The van der Waals surface area contributed by atoms with E-state index in [9.17, 15) is 0 Å². The minimum absolute atomic E-state index is 0.401. The number of fused-ring (bicyclic) bond motifs is 12. The molecule has 0 radical (unpaired) electrons. The number of anilines is 8. The van der Waals surface area contributed by atoms with Crippen molar-refractivity contribution in [2.75, 3.05) is 14.7 Å². The molecule has 4 aliphatic carbocycles. The van der Waals surface area contributed by atoms with E-state index in [0.717, 1.165) is 82.9 Å². The number of rotatable bonds is 14. The van der Waals surface area contributed by atoms with E-state index in [-0.39, 0.29) is 0 Å². The lowest BCUT2D eigenvalue weighted by atomic mass is 9.87. The second-order valence-corrected chi connectivity index (χ2v) is 28.7. The number of allylic oxidation sites excluding steroid dienone is 4. The molecule has 6 nitrogen and oxygen atoms in total. The minimum Gasteiger partial charge on any atom is -0.314 e. The van der Waals surface area contributed by atoms with E-state index in [0.29, 0.717) is 5.92 Å². The van der Waals surface area contributed by atoms with E-state index >= 15 is 0 Å². The highest BCUT2D eigenvalue weighted by atomic mass is 15.2. The molecule has 0 saturated carbocycles. The third-order valence-electron chi connectivity index (χ3n) is 22.9. The summed E-state index contributed by atoms with van der Waals surface area (Å²) in [5, 5.41) is 7.31. The highest BCUT2D eigenvalue weighted by Crippen LogP contribution is 2.46. The van der Waals surface area contributed by atoms with E-state index in [4.69, 9.17) is 0 Å². The number of para-hydroxylation sites is 4. The van der Waals surface area contributed by atoms with Crippen LogP contribution in [0.4, 0.5) is 45.5 Å². The standard InChI is InChI=1S/C97H72N6/c1-63-14-8-11-21-91(63)100(84-39-32-66-26-29-69(66)58-84)78-44-50-80(51-45-78)102-93-23-13-10-20-86(93)88-60-71(34-53-95(88)102)73-36-55-97-90(62-73)89-61-72(35-54-96(89)103(97)81-48-42-77(43-49-81)99(75-17-6-3-7-18-75)83-38-31-65-25-28-68(65)57-83)70-33-52-94-87(59-70)85-19-9-12-22-92(85)101(94)79-46-40-76(41-47-79)98(74-15-4-2-5-16-74)82-37-30-64-24-27-67(64)56-82/h2-13,15-23,30-63H,14,24-29H2,1H3. The maximum Gasteiger partial charge on any atom is 0.0541 e. The van der Waals surface area contributed by atoms with Gasteiger partial charge in [0.05, 0.1) is 33.1 Å². The number of hydrogen-bond acceptors (Lipinski definition) is 3. The molecule has 0 saturated heterocycles. The molecule has 0 aliphatic heterocycles. The van der Waals surface area contributed by atoms with Crippen molar-refractivity contribution in [3.8, 4) is 39.3 Å². The maximum atomic E-state index is 2.49. The lowest BCUT2D eigenvalue weighted by molar-refractivity contribution is 0.669. The molecule has 4 aliphatic rings. The molecular formula is C97H72N6. The first-order valence-electron chi connectivity index (χ1n) is 36.6. The summed E-state index contributed by atoms with van der Waals surface area (Å²) in [5.41, 5.74) is 34.5. The smallest absolute Gasteiger partial charge is 0.0541 e. The van der Waals surface area contributed by atoms with Crippen LogP contribution in [-0.2, 0) is 38.5 Å². The van der Waals surface area contributed by atoms with Gasteiger partial charge in [0.25, 0.3) is 0 Å². The van der Waals surface area contributed by atoms with E-state index in [1.165, 1.54) is 151 Å². The number of hydrogen-bond donors (Lipinski definition) is 0. The van der Waals surface area contributed by atoms with Crippen molar-refractivity contribution in [2.24, 2.45) is 5.92 Å². The van der Waals surface area contributed by atoms with Gasteiger partial charge in [-0.05, 0) is 301 Å². The highest BCUT2D eigenvalue weighted by Gasteiger charge is 2.27. The summed E-state index contributed by atoms with van der Waals surface area (Å²) < 4.78 is 7.36. The van der Waals surface area contributed by atoms with Crippen LogP contribution in [0, 0.1) is 5.92 Å². The van der Waals surface area contributed by atoms with Crippen LogP contribution in [0.25, 0.3) is 105 Å². The van der Waals surface area contributed by atoms with Crippen LogP contribution in [0.5, 0.6) is 0 Å². The first kappa shape index (κ1) is 59.2. The fourth-order valence-electron chi connectivity index (χ4n) is 17.3. The van der Waals surface area contributed by atoms with E-state index < -0.39 is 0 Å². The molecule has 490 valence electrons. The minimum atomic E-state index is 0.401. The molecule has 17 aromatic rings. The summed E-state index contributed by atoms with van der Waals surface area (Å²) in [5.74, 6) is 0.401. The zero-order chi connectivity index (χ0) is 67.8. The van der Waals surface area contributed by atoms with Crippen molar-refractivity contribution in [1.82, 2.24) is 13.7 Å². The fraction of sp³-hybridized carbons (Fsp3) is 0.0928. The Bertz CT molecular complexity index is 6340. The Kier molecular flexibility index (Phi) is 13.7. The predicted octanol–water partition coefficient (Wildman–Crippen LogP) is 25.2. The van der Waals surface area contributed by atoms with E-state index in [1.807, 2.05) is 0 Å². The largest absolute Gasteiger partial charge is 0.314 e. The van der Waals surface area contributed by atoms with E-state index in [2.05, 4.69) is 363 Å². The monoisotopic (exact) mass is 1320 g/mol. The first-order valence-corrected chi connectivity index (χ1v) is 36.6. The third-order valence-corrected chi connectivity index (χ3v) is 22.9. The molecule has 14 aromatic carbocycles. The molecule has 0 fully saturated rings. The Balaban J connectivity index is 0.675. The second kappa shape index (κ2) is 23.8. The van der Waals surface area contributed by atoms with Gasteiger partial charge in [-0.2, -0.15) is 0 Å². The summed E-state index contributed by atoms with van der Waals surface area (Å²) in [6.07, 6.45) is 14.8. The fourth-order valence-corrected chi connectivity index (χ4v) is 17.3. The van der Waals surface area contributed by atoms with Crippen molar-refractivity contribution in [3.63, 3.8) is 0 Å². The second-order valence-electron chi connectivity index (χ2n) is 28.7. The molecule has 0 bridgehead atoms. The predicted molar refractivity (Wildman–Crippen MR) is 432 cm³/mol. The molecule has 1 unspecified atom stereocenters. The summed E-state index contributed by atoms with van der Waals surface area (Å²) in [6, 6.07) is 116. The topological polar surface area (TPSA) is 24.5 Å². The third kappa shape index (κ3) is 9.76. The van der Waals surface area contributed by atoms with Crippen LogP contribution in [0.1, 0.15) is 46.7 Å². The average Bonchev–Trinajstić information content (AvgIpc) is 1.60. The van der Waals surface area contributed by atoms with Gasteiger partial charge in [-0.15, -0.1) is 0 Å². The van der Waals surface area contributed by atoms with Gasteiger partial charge in [0.15, 0.2) is 0 Å². The van der Waals surface area contributed by atoms with Crippen molar-refractivity contribution in [1.29, 1.82) is 0 Å². The Morgan fingerprint density at radius 1 is 0.252 bits per heavy atom. The van der Waals surface area contributed by atoms with Crippen molar-refractivity contribution in [2.45, 2.75) is 51.9 Å². The van der Waals surface area contributed by atoms with Crippen LogP contribution >= 0.6 is 0 Å². The zero-order valence-electron chi connectivity index (χ0n) is 57.4. The van der Waals surface area contributed by atoms with Gasteiger partial charge in [-0.25, -0.2) is 0 Å².